The summed E-state index contributed by atoms with van der Waals surface area (Å²) in [5, 5.41) is 11.2. The quantitative estimate of drug-likeness (QED) is 0.631. The van der Waals surface area contributed by atoms with Gasteiger partial charge in [-0.2, -0.15) is 0 Å². The summed E-state index contributed by atoms with van der Waals surface area (Å²) < 4.78 is 10.9. The molecule has 0 aliphatic carbocycles. The van der Waals surface area contributed by atoms with Gasteiger partial charge in [-0.05, 0) is 25.8 Å². The largest absolute Gasteiger partial charge is 0.467 e. The molecule has 0 radical (unpaired) electrons. The average molecular weight is 306 g/mol. The lowest BCUT2D eigenvalue weighted by atomic mass is 9.98. The lowest BCUT2D eigenvalue weighted by Gasteiger charge is -2.35. The van der Waals surface area contributed by atoms with Crippen molar-refractivity contribution in [3.63, 3.8) is 0 Å². The molecule has 1 fully saturated rings. The molecule has 1 aromatic carbocycles. The van der Waals surface area contributed by atoms with Gasteiger partial charge in [0.25, 0.3) is 5.69 Å². The lowest BCUT2D eigenvalue weighted by Crippen LogP contribution is -2.38. The highest BCUT2D eigenvalue weighted by Gasteiger charge is 2.26. The highest BCUT2D eigenvalue weighted by molar-refractivity contribution is 5.50. The first-order valence-electron chi connectivity index (χ1n) is 7.93. The molecule has 1 saturated heterocycles. The van der Waals surface area contributed by atoms with E-state index < -0.39 is 0 Å². The molecule has 0 spiro atoms. The predicted molar refractivity (Wildman–Crippen MR) is 81.7 cm³/mol. The highest BCUT2D eigenvalue weighted by Crippen LogP contribution is 2.34. The van der Waals surface area contributed by atoms with Crippen LogP contribution in [0.2, 0.25) is 0 Å². The Hall–Kier alpha value is -1.66. The molecule has 0 bridgehead atoms. The third-order valence-corrected chi connectivity index (χ3v) is 4.58. The Bertz CT molecular complexity index is 561. The summed E-state index contributed by atoms with van der Waals surface area (Å²) in [6, 6.07) is 3.78. The molecule has 0 N–H and O–H groups in total. The normalized spacial score (nSPS) is 22.0. The molecular weight excluding hydrogens is 284 g/mol. The van der Waals surface area contributed by atoms with Crippen LogP contribution in [0.25, 0.3) is 0 Å². The van der Waals surface area contributed by atoms with Gasteiger partial charge in [0, 0.05) is 35.8 Å². The molecule has 0 amide bonds. The minimum absolute atomic E-state index is 0.118. The molecule has 0 saturated carbocycles. The van der Waals surface area contributed by atoms with Gasteiger partial charge < -0.3 is 9.47 Å². The Balaban J connectivity index is 1.91. The van der Waals surface area contributed by atoms with Crippen molar-refractivity contribution in [2.24, 2.45) is 0 Å². The molecule has 0 aromatic heterocycles. The smallest absolute Gasteiger partial charge is 0.270 e. The molecule has 120 valence electrons. The third-order valence-electron chi connectivity index (χ3n) is 4.58. The van der Waals surface area contributed by atoms with Crippen LogP contribution in [0.5, 0.6) is 5.75 Å². The number of nitro groups is 1. The highest BCUT2D eigenvalue weighted by atomic mass is 16.7. The van der Waals surface area contributed by atoms with Crippen LogP contribution in [-0.4, -0.2) is 29.2 Å². The maximum absolute atomic E-state index is 11.2. The monoisotopic (exact) mass is 306 g/mol. The first kappa shape index (κ1) is 15.2. The third kappa shape index (κ3) is 3.08. The van der Waals surface area contributed by atoms with Crippen LogP contribution in [0.1, 0.15) is 43.7 Å². The van der Waals surface area contributed by atoms with E-state index in [1.807, 2.05) is 0 Å². The minimum atomic E-state index is -0.341. The Morgan fingerprint density at radius 2 is 2.27 bits per heavy atom. The van der Waals surface area contributed by atoms with Gasteiger partial charge in [0.15, 0.2) is 6.79 Å². The molecule has 2 heterocycles. The van der Waals surface area contributed by atoms with Crippen molar-refractivity contribution in [1.29, 1.82) is 0 Å². The molecule has 6 heteroatoms. The second-order valence-corrected chi connectivity index (χ2v) is 5.99. The van der Waals surface area contributed by atoms with E-state index in [0.29, 0.717) is 19.2 Å². The van der Waals surface area contributed by atoms with Crippen molar-refractivity contribution in [1.82, 2.24) is 4.90 Å². The molecule has 1 aromatic rings. The van der Waals surface area contributed by atoms with E-state index >= 15 is 0 Å². The fourth-order valence-corrected chi connectivity index (χ4v) is 3.45. The number of non-ortho nitro benzene ring substituents is 1. The van der Waals surface area contributed by atoms with E-state index in [9.17, 15) is 10.1 Å². The number of rotatable bonds is 4. The zero-order valence-corrected chi connectivity index (χ0v) is 12.9. The second-order valence-electron chi connectivity index (χ2n) is 5.99. The molecule has 1 atom stereocenters. The fraction of sp³-hybridized carbons (Fsp3) is 0.625. The van der Waals surface area contributed by atoms with Crippen LogP contribution in [0.3, 0.4) is 0 Å². The van der Waals surface area contributed by atoms with Gasteiger partial charge >= 0.3 is 0 Å². The Labute approximate surface area is 130 Å². The fourth-order valence-electron chi connectivity index (χ4n) is 3.45. The summed E-state index contributed by atoms with van der Waals surface area (Å²) in [5.74, 6) is 0.775. The summed E-state index contributed by atoms with van der Waals surface area (Å²) >= 11 is 0. The summed E-state index contributed by atoms with van der Waals surface area (Å²) in [6.45, 7) is 4.56. The average Bonchev–Trinajstić information content (AvgIpc) is 2.55. The predicted octanol–water partition coefficient (Wildman–Crippen LogP) is 3.23. The number of nitro benzene ring substituents is 1. The van der Waals surface area contributed by atoms with Crippen LogP contribution in [0, 0.1) is 10.1 Å². The summed E-state index contributed by atoms with van der Waals surface area (Å²) in [7, 11) is 0. The van der Waals surface area contributed by atoms with Crippen LogP contribution < -0.4 is 4.74 Å². The molecular formula is C16H22N2O4. The Kier molecular flexibility index (Phi) is 4.59. The minimum Gasteiger partial charge on any atom is -0.467 e. The molecule has 22 heavy (non-hydrogen) atoms. The summed E-state index contributed by atoms with van der Waals surface area (Å²) in [6.07, 6.45) is 4.78. The summed E-state index contributed by atoms with van der Waals surface area (Å²) in [5.41, 5.74) is 1.81. The number of piperidine rings is 1. The van der Waals surface area contributed by atoms with Crippen molar-refractivity contribution in [3.05, 3.63) is 33.4 Å². The topological polar surface area (TPSA) is 64.8 Å². The maximum Gasteiger partial charge on any atom is 0.270 e. The zero-order valence-electron chi connectivity index (χ0n) is 12.9. The number of nitrogens with zero attached hydrogens (tertiary/aromatic N) is 2. The van der Waals surface area contributed by atoms with Crippen molar-refractivity contribution in [3.8, 4) is 5.75 Å². The Morgan fingerprint density at radius 1 is 1.41 bits per heavy atom. The van der Waals surface area contributed by atoms with E-state index in [-0.39, 0.29) is 17.4 Å². The van der Waals surface area contributed by atoms with Gasteiger partial charge in [-0.1, -0.05) is 13.3 Å². The number of hydrogen-bond acceptors (Lipinski definition) is 5. The first-order valence-corrected chi connectivity index (χ1v) is 7.93. The SMILES string of the molecule is CCC1CCCCN1Cc1cc([N+](=O)[O-])cc2c1OCOC2. The Morgan fingerprint density at radius 3 is 3.05 bits per heavy atom. The molecule has 2 aliphatic heterocycles. The van der Waals surface area contributed by atoms with E-state index in [0.717, 1.165) is 29.8 Å². The second kappa shape index (κ2) is 6.62. The molecule has 1 unspecified atom stereocenters. The standard InChI is InChI=1S/C16H22N2O4/c1-2-14-5-3-4-6-17(14)9-12-7-15(18(19)20)8-13-10-21-11-22-16(12)13/h7-8,14H,2-6,9-11H2,1H3. The van der Waals surface area contributed by atoms with Crippen molar-refractivity contribution in [2.45, 2.75) is 51.8 Å². The van der Waals surface area contributed by atoms with Gasteiger partial charge in [0.1, 0.15) is 5.75 Å². The first-order chi connectivity index (χ1) is 10.7. The van der Waals surface area contributed by atoms with Gasteiger partial charge in [-0.3, -0.25) is 15.0 Å². The number of fused-ring (bicyclic) bond motifs is 1. The number of ether oxygens (including phenoxy) is 2. The maximum atomic E-state index is 11.2. The van der Waals surface area contributed by atoms with Gasteiger partial charge in [0.2, 0.25) is 0 Å². The van der Waals surface area contributed by atoms with Crippen LogP contribution in [0.15, 0.2) is 12.1 Å². The van der Waals surface area contributed by atoms with Gasteiger partial charge in [-0.25, -0.2) is 0 Å². The molecule has 6 nitrogen and oxygen atoms in total. The van der Waals surface area contributed by atoms with E-state index in [1.54, 1.807) is 12.1 Å². The van der Waals surface area contributed by atoms with E-state index in [1.165, 1.54) is 19.3 Å². The number of hydrogen-bond donors (Lipinski definition) is 0. The number of benzene rings is 1. The van der Waals surface area contributed by atoms with Crippen LogP contribution in [0.4, 0.5) is 5.69 Å². The van der Waals surface area contributed by atoms with Crippen molar-refractivity contribution in [2.75, 3.05) is 13.3 Å². The zero-order chi connectivity index (χ0) is 15.5. The van der Waals surface area contributed by atoms with Crippen molar-refractivity contribution >= 4 is 5.69 Å². The van der Waals surface area contributed by atoms with Gasteiger partial charge in [-0.15, -0.1) is 0 Å². The molecule has 2 aliphatic rings. The van der Waals surface area contributed by atoms with Crippen LogP contribution in [-0.2, 0) is 17.9 Å². The number of likely N-dealkylation sites (tertiary alicyclic amines) is 1. The van der Waals surface area contributed by atoms with Crippen molar-refractivity contribution < 1.29 is 14.4 Å². The van der Waals surface area contributed by atoms with Gasteiger partial charge in [0.05, 0.1) is 11.5 Å². The van der Waals surface area contributed by atoms with Crippen LogP contribution >= 0.6 is 0 Å². The lowest BCUT2D eigenvalue weighted by molar-refractivity contribution is -0.385. The summed E-state index contributed by atoms with van der Waals surface area (Å²) in [4.78, 5) is 13.3. The van der Waals surface area contributed by atoms with E-state index in [2.05, 4.69) is 11.8 Å². The molecule has 3 rings (SSSR count). The van der Waals surface area contributed by atoms with E-state index in [4.69, 9.17) is 9.47 Å².